The van der Waals surface area contributed by atoms with Gasteiger partial charge in [0.1, 0.15) is 0 Å². The van der Waals surface area contributed by atoms with Gasteiger partial charge in [0.05, 0.1) is 12.8 Å². The van der Waals surface area contributed by atoms with Gasteiger partial charge in [0.25, 0.3) is 0 Å². The molecule has 3 aromatic rings. The Hall–Kier alpha value is -4.18. The molecular weight excluding hydrogens is 512 g/mol. The molecule has 0 bridgehead atoms. The maximum Gasteiger partial charge on any atom is 0.303 e. The fourth-order valence-electron chi connectivity index (χ4n) is 3.99. The number of aliphatic carboxylic acids is 2. The summed E-state index contributed by atoms with van der Waals surface area (Å²) < 4.78 is 0. The van der Waals surface area contributed by atoms with E-state index in [2.05, 4.69) is 59.0 Å². The van der Waals surface area contributed by atoms with Gasteiger partial charge in [0.2, 0.25) is 11.8 Å². The summed E-state index contributed by atoms with van der Waals surface area (Å²) in [5.74, 6) is -2.14. The first kappa shape index (κ1) is 32.0. The van der Waals surface area contributed by atoms with E-state index < -0.39 is 11.9 Å². The van der Waals surface area contributed by atoms with Gasteiger partial charge in [-0.05, 0) is 80.7 Å². The van der Waals surface area contributed by atoms with Crippen molar-refractivity contribution in [2.75, 3.05) is 32.5 Å². The number of nitrogens with zero attached hydrogens (tertiary/aromatic N) is 1. The van der Waals surface area contributed by atoms with Gasteiger partial charge in [-0.25, -0.2) is 0 Å². The van der Waals surface area contributed by atoms with Gasteiger partial charge in [0.15, 0.2) is 0 Å². The van der Waals surface area contributed by atoms with Crippen LogP contribution >= 0.6 is 0 Å². The molecule has 0 unspecified atom stereocenters. The Bertz CT molecular complexity index is 1250. The minimum Gasteiger partial charge on any atom is -0.481 e. The quantitative estimate of drug-likeness (QED) is 0.204. The van der Waals surface area contributed by atoms with Crippen LogP contribution in [0.25, 0.3) is 10.9 Å². The van der Waals surface area contributed by atoms with Crippen molar-refractivity contribution in [3.05, 3.63) is 65.4 Å². The number of likely N-dealkylation sites (N-methyl/N-ethyl adjacent to an activating group) is 1. The van der Waals surface area contributed by atoms with Crippen LogP contribution in [-0.4, -0.2) is 71.0 Å². The number of hydrogen-bond acceptors (Lipinski definition) is 5. The monoisotopic (exact) mass is 552 g/mol. The second kappa shape index (κ2) is 16.7. The highest BCUT2D eigenvalue weighted by Crippen LogP contribution is 2.21. The lowest BCUT2D eigenvalue weighted by Crippen LogP contribution is -2.25. The molecule has 5 N–H and O–H groups in total. The first-order valence-corrected chi connectivity index (χ1v) is 13.3. The van der Waals surface area contributed by atoms with Crippen molar-refractivity contribution in [2.24, 2.45) is 0 Å². The molecule has 3 rings (SSSR count). The zero-order valence-corrected chi connectivity index (χ0v) is 23.5. The minimum absolute atomic E-state index is 0.0767. The lowest BCUT2D eigenvalue weighted by molar-refractivity contribution is -0.143. The number of carboxylic acids is 2. The van der Waals surface area contributed by atoms with Crippen LogP contribution in [0, 0.1) is 0 Å². The molecule has 0 atom stereocenters. The fraction of sp³-hybridized carbons (Fsp3) is 0.400. The van der Waals surface area contributed by atoms with Gasteiger partial charge < -0.3 is 30.7 Å². The van der Waals surface area contributed by atoms with Crippen LogP contribution in [-0.2, 0) is 38.4 Å². The van der Waals surface area contributed by atoms with Crippen LogP contribution in [0.2, 0.25) is 0 Å². The molecule has 0 aliphatic rings. The Morgan fingerprint density at radius 1 is 0.850 bits per heavy atom. The second-order valence-electron chi connectivity index (χ2n) is 9.87. The zero-order chi connectivity index (χ0) is 29.5. The third-order valence-electron chi connectivity index (χ3n) is 6.09. The Labute approximate surface area is 234 Å². The maximum atomic E-state index is 12.2. The van der Waals surface area contributed by atoms with Gasteiger partial charge >= 0.3 is 11.9 Å². The highest BCUT2D eigenvalue weighted by molar-refractivity contribution is 5.88. The summed E-state index contributed by atoms with van der Waals surface area (Å²) in [6.07, 6.45) is 5.51. The Balaban J connectivity index is 0.000000611. The second-order valence-corrected chi connectivity index (χ2v) is 9.87. The van der Waals surface area contributed by atoms with E-state index in [-0.39, 0.29) is 24.7 Å². The first-order valence-electron chi connectivity index (χ1n) is 13.3. The zero-order valence-electron chi connectivity index (χ0n) is 23.5. The van der Waals surface area contributed by atoms with Gasteiger partial charge in [-0.3, -0.25) is 19.2 Å². The predicted octanol–water partition coefficient (Wildman–Crippen LogP) is 3.85. The maximum absolute atomic E-state index is 12.2. The molecule has 0 saturated carbocycles. The van der Waals surface area contributed by atoms with Gasteiger partial charge in [-0.15, -0.1) is 0 Å². The molecule has 0 aliphatic heterocycles. The normalized spacial score (nSPS) is 10.6. The van der Waals surface area contributed by atoms with E-state index in [1.807, 2.05) is 24.3 Å². The number of carbonyl (C=O) groups is 4. The number of rotatable bonds is 14. The Kier molecular flexibility index (Phi) is 13.4. The summed E-state index contributed by atoms with van der Waals surface area (Å²) in [7, 11) is 4.18. The molecule has 2 aromatic carbocycles. The summed E-state index contributed by atoms with van der Waals surface area (Å²) in [5.41, 5.74) is 5.70. The van der Waals surface area contributed by atoms with E-state index in [1.165, 1.54) is 23.4 Å². The molecule has 216 valence electrons. The summed E-state index contributed by atoms with van der Waals surface area (Å²) in [4.78, 5) is 48.1. The van der Waals surface area contributed by atoms with E-state index in [1.54, 1.807) is 0 Å². The number of nitrogens with one attached hydrogen (secondary N) is 3. The van der Waals surface area contributed by atoms with Crippen LogP contribution in [0.3, 0.4) is 0 Å². The molecule has 0 saturated heterocycles. The minimum atomic E-state index is -1.08. The molecule has 0 radical (unpaired) electrons. The average molecular weight is 553 g/mol. The van der Waals surface area contributed by atoms with Crippen LogP contribution in [0.15, 0.2) is 48.7 Å². The number of aromatic nitrogens is 1. The van der Waals surface area contributed by atoms with Crippen molar-refractivity contribution >= 4 is 40.3 Å². The summed E-state index contributed by atoms with van der Waals surface area (Å²) in [6, 6.07) is 14.3. The third kappa shape index (κ3) is 12.6. The summed E-state index contributed by atoms with van der Waals surface area (Å²) >= 11 is 0. The van der Waals surface area contributed by atoms with Crippen LogP contribution in [0.1, 0.15) is 49.3 Å². The molecule has 10 nitrogen and oxygen atoms in total. The van der Waals surface area contributed by atoms with Crippen molar-refractivity contribution in [1.29, 1.82) is 0 Å². The number of carboxylic acid groups (broad SMARTS) is 2. The SMILES string of the molecule is CC(=O)Nc1ccc(CCCC(=O)NCCc2ccc3[nH]cc(CCN(C)C)c3c2)cc1.O=C(O)CCC(=O)O. The smallest absolute Gasteiger partial charge is 0.303 e. The molecule has 0 fully saturated rings. The lowest BCUT2D eigenvalue weighted by atomic mass is 10.1. The van der Waals surface area contributed by atoms with Crippen LogP contribution in [0.4, 0.5) is 5.69 Å². The fourth-order valence-corrected chi connectivity index (χ4v) is 3.99. The highest BCUT2D eigenvalue weighted by Gasteiger charge is 2.07. The summed E-state index contributed by atoms with van der Waals surface area (Å²) in [6.45, 7) is 3.16. The van der Waals surface area contributed by atoms with Crippen molar-refractivity contribution < 1.29 is 29.4 Å². The standard InChI is InChI=1S/C26H34N4O2.C4H6O4/c1-19(31)29-23-10-7-20(8-11-23)5-4-6-26(32)27-15-13-21-9-12-25-24(17-21)22(18-28-25)14-16-30(2)3;5-3(6)1-2-4(7)8/h7-12,17-18,28H,4-6,13-16H2,1-3H3,(H,27,32)(H,29,31);1-2H2,(H,5,6)(H,7,8). The number of anilines is 1. The number of benzene rings is 2. The van der Waals surface area contributed by atoms with E-state index >= 15 is 0 Å². The molecule has 0 spiro atoms. The summed E-state index contributed by atoms with van der Waals surface area (Å²) in [5, 5.41) is 22.9. The molecule has 10 heteroatoms. The number of H-pyrrole nitrogens is 1. The topological polar surface area (TPSA) is 152 Å². The van der Waals surface area contributed by atoms with Gasteiger partial charge in [-0.2, -0.15) is 0 Å². The number of fused-ring (bicyclic) bond motifs is 1. The van der Waals surface area contributed by atoms with Crippen LogP contribution < -0.4 is 10.6 Å². The van der Waals surface area contributed by atoms with Gasteiger partial charge in [-0.1, -0.05) is 18.2 Å². The number of carbonyl (C=O) groups excluding carboxylic acids is 2. The molecule has 0 aliphatic carbocycles. The largest absolute Gasteiger partial charge is 0.481 e. The van der Waals surface area contributed by atoms with Crippen molar-refractivity contribution in [3.63, 3.8) is 0 Å². The van der Waals surface area contributed by atoms with E-state index in [9.17, 15) is 19.2 Å². The molecule has 2 amide bonds. The predicted molar refractivity (Wildman–Crippen MR) is 155 cm³/mol. The number of amides is 2. The number of aryl methyl sites for hydroxylation is 1. The number of hydrogen-bond donors (Lipinski definition) is 5. The van der Waals surface area contributed by atoms with E-state index in [0.29, 0.717) is 13.0 Å². The average Bonchev–Trinajstić information content (AvgIpc) is 3.29. The van der Waals surface area contributed by atoms with Crippen LogP contribution in [0.5, 0.6) is 0 Å². The molecule has 40 heavy (non-hydrogen) atoms. The van der Waals surface area contributed by atoms with Crippen molar-refractivity contribution in [2.45, 2.75) is 51.9 Å². The van der Waals surface area contributed by atoms with Crippen molar-refractivity contribution in [3.8, 4) is 0 Å². The van der Waals surface area contributed by atoms with Gasteiger partial charge in [0, 0.05) is 49.2 Å². The van der Waals surface area contributed by atoms with Crippen molar-refractivity contribution in [1.82, 2.24) is 15.2 Å². The highest BCUT2D eigenvalue weighted by atomic mass is 16.4. The molecule has 1 aromatic heterocycles. The van der Waals surface area contributed by atoms with E-state index in [0.717, 1.165) is 49.0 Å². The molecule has 1 heterocycles. The number of aromatic amines is 1. The molecular formula is C30H40N4O6. The Morgan fingerprint density at radius 3 is 2.10 bits per heavy atom. The Morgan fingerprint density at radius 2 is 1.50 bits per heavy atom. The lowest BCUT2D eigenvalue weighted by Gasteiger charge is -2.09. The first-order chi connectivity index (χ1) is 19.0. The van der Waals surface area contributed by atoms with E-state index in [4.69, 9.17) is 10.2 Å². The third-order valence-corrected chi connectivity index (χ3v) is 6.09.